The number of benzene rings is 3. The largest absolute Gasteiger partial charge is 0.425 e. The molecule has 4 aromatic rings. The number of nitrogens with one attached hydrogen (secondary N) is 1. The lowest BCUT2D eigenvalue weighted by Gasteiger charge is -2.19. The molecule has 8 heteroatoms. The van der Waals surface area contributed by atoms with Crippen molar-refractivity contribution in [2.24, 2.45) is 0 Å². The Balaban J connectivity index is 1.72. The van der Waals surface area contributed by atoms with Crippen LogP contribution in [0.1, 0.15) is 35.2 Å². The number of rotatable bonds is 7. The second-order valence-electron chi connectivity index (χ2n) is 8.26. The molecule has 0 aliphatic rings. The second-order valence-corrected chi connectivity index (χ2v) is 9.97. The van der Waals surface area contributed by atoms with Crippen molar-refractivity contribution in [1.82, 2.24) is 4.72 Å². The van der Waals surface area contributed by atoms with Crippen molar-refractivity contribution in [3.8, 4) is 5.75 Å². The summed E-state index contributed by atoms with van der Waals surface area (Å²) in [6.45, 7) is 5.56. The molecule has 1 N–H and O–H groups in total. The Hall–Kier alpha value is -3.75. The molecule has 0 aliphatic heterocycles. The number of carbonyl (C=O) groups is 1. The Morgan fingerprint density at radius 2 is 1.69 bits per heavy atom. The average Bonchev–Trinajstić information content (AvgIpc) is 2.83. The summed E-state index contributed by atoms with van der Waals surface area (Å²) in [7, 11) is -4.03. The number of ether oxygens (including phenoxy) is 1. The third-order valence-corrected chi connectivity index (χ3v) is 7.14. The molecule has 0 saturated heterocycles. The monoisotopic (exact) mass is 491 g/mol. The Labute approximate surface area is 203 Å². The fraction of sp³-hybridized carbons (Fsp3) is 0.185. The smallest absolute Gasteiger partial charge is 0.336 e. The zero-order valence-corrected chi connectivity index (χ0v) is 20.4. The predicted molar refractivity (Wildman–Crippen MR) is 133 cm³/mol. The van der Waals surface area contributed by atoms with Crippen LogP contribution in [0.4, 0.5) is 0 Å². The predicted octanol–water partition coefficient (Wildman–Crippen LogP) is 4.60. The van der Waals surface area contributed by atoms with Crippen LogP contribution in [0.5, 0.6) is 5.75 Å². The van der Waals surface area contributed by atoms with Crippen molar-refractivity contribution in [3.05, 3.63) is 105 Å². The molecule has 1 atom stereocenters. The minimum Gasteiger partial charge on any atom is -0.425 e. The normalized spacial score (nSPS) is 12.4. The Morgan fingerprint density at radius 1 is 1.00 bits per heavy atom. The summed E-state index contributed by atoms with van der Waals surface area (Å²) in [5.41, 5.74) is 2.58. The topological polar surface area (TPSA) is 103 Å². The van der Waals surface area contributed by atoms with E-state index in [1.807, 2.05) is 19.9 Å². The van der Waals surface area contributed by atoms with Gasteiger partial charge >= 0.3 is 11.6 Å². The van der Waals surface area contributed by atoms with Crippen molar-refractivity contribution >= 4 is 27.0 Å². The van der Waals surface area contributed by atoms with Crippen molar-refractivity contribution in [3.63, 3.8) is 0 Å². The van der Waals surface area contributed by atoms with Crippen molar-refractivity contribution in [2.75, 3.05) is 0 Å². The number of carbonyl (C=O) groups excluding carboxylic acids is 1. The van der Waals surface area contributed by atoms with Gasteiger partial charge < -0.3 is 9.15 Å². The molecule has 0 bridgehead atoms. The van der Waals surface area contributed by atoms with Crippen LogP contribution in [-0.4, -0.2) is 14.4 Å². The maximum atomic E-state index is 13.4. The first-order valence-electron chi connectivity index (χ1n) is 11.1. The van der Waals surface area contributed by atoms with Gasteiger partial charge in [-0.2, -0.15) is 4.72 Å². The quantitative estimate of drug-likeness (QED) is 0.230. The molecule has 180 valence electrons. The van der Waals surface area contributed by atoms with E-state index in [0.29, 0.717) is 12.0 Å². The van der Waals surface area contributed by atoms with Gasteiger partial charge in [0, 0.05) is 17.5 Å². The molecule has 0 aliphatic carbocycles. The van der Waals surface area contributed by atoms with Crippen LogP contribution in [0.15, 0.2) is 86.9 Å². The number of fused-ring (bicyclic) bond motifs is 1. The van der Waals surface area contributed by atoms with Crippen LogP contribution in [0.2, 0.25) is 0 Å². The molecule has 3 aromatic carbocycles. The molecule has 1 aromatic heterocycles. The number of hydrogen-bond donors (Lipinski definition) is 1. The third-order valence-electron chi connectivity index (χ3n) is 5.70. The molecule has 35 heavy (non-hydrogen) atoms. The third kappa shape index (κ3) is 5.34. The van der Waals surface area contributed by atoms with Gasteiger partial charge in [0.15, 0.2) is 0 Å². The summed E-state index contributed by atoms with van der Waals surface area (Å²) in [5, 5.41) is 0.737. The van der Waals surface area contributed by atoms with E-state index in [9.17, 15) is 18.0 Å². The maximum Gasteiger partial charge on any atom is 0.336 e. The van der Waals surface area contributed by atoms with E-state index < -0.39 is 27.7 Å². The van der Waals surface area contributed by atoms with Gasteiger partial charge in [0.2, 0.25) is 10.0 Å². The van der Waals surface area contributed by atoms with Gasteiger partial charge in [0.1, 0.15) is 17.4 Å². The van der Waals surface area contributed by atoms with E-state index >= 15 is 0 Å². The summed E-state index contributed by atoms with van der Waals surface area (Å²) >= 11 is 0. The van der Waals surface area contributed by atoms with E-state index in [4.69, 9.17) is 9.15 Å². The molecule has 7 nitrogen and oxygen atoms in total. The van der Waals surface area contributed by atoms with Crippen molar-refractivity contribution in [1.29, 1.82) is 0 Å². The molecular weight excluding hydrogens is 466 g/mol. The maximum absolute atomic E-state index is 13.4. The first kappa shape index (κ1) is 24.4. The summed E-state index contributed by atoms with van der Waals surface area (Å²) in [5.74, 6) is -0.606. The van der Waals surface area contributed by atoms with Crippen LogP contribution < -0.4 is 15.1 Å². The highest BCUT2D eigenvalue weighted by atomic mass is 32.2. The van der Waals surface area contributed by atoms with Gasteiger partial charge in [0.25, 0.3) is 0 Å². The van der Waals surface area contributed by atoms with Crippen LogP contribution in [0.3, 0.4) is 0 Å². The highest BCUT2D eigenvalue weighted by Crippen LogP contribution is 2.29. The van der Waals surface area contributed by atoms with Crippen molar-refractivity contribution in [2.45, 2.75) is 38.1 Å². The average molecular weight is 492 g/mol. The molecular formula is C27H25NO6S. The molecule has 0 fully saturated rings. The Morgan fingerprint density at radius 3 is 2.34 bits per heavy atom. The highest BCUT2D eigenvalue weighted by Gasteiger charge is 2.29. The van der Waals surface area contributed by atoms with Gasteiger partial charge in [0.05, 0.1) is 4.90 Å². The van der Waals surface area contributed by atoms with Gasteiger partial charge in [-0.3, -0.25) is 0 Å². The SMILES string of the molecule is CCc1cc2c(C)cc(=O)oc2cc1OC(=O)[C@H](NS(=O)(=O)c1ccc(C)cc1)c1ccccc1. The lowest BCUT2D eigenvalue weighted by Crippen LogP contribution is -2.36. The number of aryl methyl sites for hydroxylation is 3. The van der Waals surface area contributed by atoms with Crippen LogP contribution in [0.25, 0.3) is 11.0 Å². The second kappa shape index (κ2) is 9.85. The molecule has 0 saturated carbocycles. The van der Waals surface area contributed by atoms with E-state index in [1.54, 1.807) is 49.4 Å². The number of hydrogen-bond acceptors (Lipinski definition) is 6. The van der Waals surface area contributed by atoms with Gasteiger partial charge in [-0.05, 0) is 55.2 Å². The molecule has 4 rings (SSSR count). The zero-order valence-electron chi connectivity index (χ0n) is 19.6. The molecule has 0 unspecified atom stereocenters. The molecule has 0 amide bonds. The van der Waals surface area contributed by atoms with E-state index in [-0.39, 0.29) is 16.2 Å². The minimum absolute atomic E-state index is 0.0361. The van der Waals surface area contributed by atoms with Gasteiger partial charge in [-0.25, -0.2) is 18.0 Å². The van der Waals surface area contributed by atoms with E-state index in [1.165, 1.54) is 24.3 Å². The highest BCUT2D eigenvalue weighted by molar-refractivity contribution is 7.89. The van der Waals surface area contributed by atoms with Crippen LogP contribution in [-0.2, 0) is 21.2 Å². The minimum atomic E-state index is -4.03. The van der Waals surface area contributed by atoms with E-state index in [0.717, 1.165) is 22.1 Å². The van der Waals surface area contributed by atoms with Gasteiger partial charge in [-0.1, -0.05) is 55.0 Å². The fourth-order valence-electron chi connectivity index (χ4n) is 3.77. The van der Waals surface area contributed by atoms with Crippen LogP contribution >= 0.6 is 0 Å². The number of sulfonamides is 1. The lowest BCUT2D eigenvalue weighted by molar-refractivity contribution is -0.136. The zero-order chi connectivity index (χ0) is 25.2. The molecule has 0 radical (unpaired) electrons. The van der Waals surface area contributed by atoms with E-state index in [2.05, 4.69) is 4.72 Å². The fourth-order valence-corrected chi connectivity index (χ4v) is 4.94. The molecule has 1 heterocycles. The Kier molecular flexibility index (Phi) is 6.86. The van der Waals surface area contributed by atoms with Gasteiger partial charge in [-0.15, -0.1) is 0 Å². The first-order chi connectivity index (χ1) is 16.7. The summed E-state index contributed by atoms with van der Waals surface area (Å²) in [4.78, 5) is 25.3. The lowest BCUT2D eigenvalue weighted by atomic mass is 10.0. The Bertz CT molecular complexity index is 1540. The number of esters is 1. The van der Waals surface area contributed by atoms with Crippen LogP contribution in [0, 0.1) is 13.8 Å². The summed E-state index contributed by atoms with van der Waals surface area (Å²) in [6, 6.07) is 18.2. The molecule has 0 spiro atoms. The standard InChI is InChI=1S/C27H25NO6S/c1-4-19-15-22-18(3)14-25(29)33-24(22)16-23(19)34-27(30)26(20-8-6-5-7-9-20)28-35(31,32)21-12-10-17(2)11-13-21/h5-16,26,28H,4H2,1-3H3/t26-/m1/s1. The van der Waals surface area contributed by atoms with Crippen molar-refractivity contribution < 1.29 is 22.4 Å². The first-order valence-corrected chi connectivity index (χ1v) is 12.6. The summed E-state index contributed by atoms with van der Waals surface area (Å²) in [6.07, 6.45) is 0.544. The summed E-state index contributed by atoms with van der Waals surface area (Å²) < 4.78 is 39.7.